The van der Waals surface area contributed by atoms with Crippen LogP contribution in [-0.4, -0.2) is 12.5 Å². The molecular formula is C18H14ClFN2O. The van der Waals surface area contributed by atoms with Crippen LogP contribution in [-0.2, 0) is 11.2 Å². The monoisotopic (exact) mass is 328 g/mol. The molecule has 0 unspecified atom stereocenters. The summed E-state index contributed by atoms with van der Waals surface area (Å²) in [6.07, 6.45) is 1.81. The number of carbonyl (C=O) groups excluding carboxylic acids is 1. The Balaban J connectivity index is 2.04. The third kappa shape index (κ3) is 4.67. The highest BCUT2D eigenvalue weighted by molar-refractivity contribution is 6.32. The largest absolute Gasteiger partial charge is 0.351 e. The number of halogens is 2. The van der Waals surface area contributed by atoms with Crippen molar-refractivity contribution in [3.63, 3.8) is 0 Å². The van der Waals surface area contributed by atoms with E-state index >= 15 is 0 Å². The minimum absolute atomic E-state index is 0.0314. The molecule has 0 aliphatic heterocycles. The lowest BCUT2D eigenvalue weighted by Gasteiger charge is -2.05. The van der Waals surface area contributed by atoms with Crippen LogP contribution in [0.1, 0.15) is 11.1 Å². The number of rotatable bonds is 5. The molecule has 0 fully saturated rings. The normalized spacial score (nSPS) is 10.9. The van der Waals surface area contributed by atoms with Crippen LogP contribution in [0.3, 0.4) is 0 Å². The van der Waals surface area contributed by atoms with Gasteiger partial charge in [0.25, 0.3) is 5.91 Å². The molecule has 0 radical (unpaired) electrons. The molecule has 23 heavy (non-hydrogen) atoms. The lowest BCUT2D eigenvalue weighted by atomic mass is 10.1. The number of nitriles is 1. The summed E-state index contributed by atoms with van der Waals surface area (Å²) >= 11 is 5.89. The fourth-order valence-corrected chi connectivity index (χ4v) is 2.22. The Morgan fingerprint density at radius 3 is 2.61 bits per heavy atom. The van der Waals surface area contributed by atoms with Gasteiger partial charge in [0.15, 0.2) is 0 Å². The SMILES string of the molecule is N#C/C(=C/c1c(F)cccc1Cl)C(=O)NCCc1ccccc1. The number of hydrogen-bond acceptors (Lipinski definition) is 2. The number of carbonyl (C=O) groups is 1. The van der Waals surface area contributed by atoms with Crippen molar-refractivity contribution in [1.82, 2.24) is 5.32 Å². The molecule has 0 heterocycles. The molecule has 116 valence electrons. The standard InChI is InChI=1S/C18H14ClFN2O/c19-16-7-4-8-17(20)15(16)11-14(12-21)18(23)22-10-9-13-5-2-1-3-6-13/h1-8,11H,9-10H2,(H,22,23)/b14-11-. The van der Waals surface area contributed by atoms with Crippen molar-refractivity contribution in [1.29, 1.82) is 5.26 Å². The molecule has 0 saturated carbocycles. The predicted molar refractivity (Wildman–Crippen MR) is 88.2 cm³/mol. The molecule has 5 heteroatoms. The highest BCUT2D eigenvalue weighted by Crippen LogP contribution is 2.21. The fourth-order valence-electron chi connectivity index (χ4n) is 2.00. The van der Waals surface area contributed by atoms with E-state index in [-0.39, 0.29) is 16.2 Å². The van der Waals surface area contributed by atoms with Crippen molar-refractivity contribution in [2.75, 3.05) is 6.54 Å². The van der Waals surface area contributed by atoms with E-state index in [2.05, 4.69) is 5.32 Å². The Hall–Kier alpha value is -2.64. The second kappa shape index (κ2) is 8.11. The van der Waals surface area contributed by atoms with E-state index in [1.54, 1.807) is 6.07 Å². The van der Waals surface area contributed by atoms with Gasteiger partial charge >= 0.3 is 0 Å². The molecular weight excluding hydrogens is 315 g/mol. The highest BCUT2D eigenvalue weighted by Gasteiger charge is 2.12. The zero-order chi connectivity index (χ0) is 16.7. The van der Waals surface area contributed by atoms with Crippen molar-refractivity contribution in [3.05, 3.63) is 76.1 Å². The van der Waals surface area contributed by atoms with E-state index in [9.17, 15) is 9.18 Å². The summed E-state index contributed by atoms with van der Waals surface area (Å²) in [5.41, 5.74) is 0.918. The first-order chi connectivity index (χ1) is 11.1. The molecule has 1 N–H and O–H groups in total. The van der Waals surface area contributed by atoms with Crippen molar-refractivity contribution in [2.24, 2.45) is 0 Å². The Morgan fingerprint density at radius 2 is 1.96 bits per heavy atom. The topological polar surface area (TPSA) is 52.9 Å². The van der Waals surface area contributed by atoms with E-state index < -0.39 is 11.7 Å². The van der Waals surface area contributed by atoms with E-state index in [1.807, 2.05) is 30.3 Å². The van der Waals surface area contributed by atoms with Crippen molar-refractivity contribution < 1.29 is 9.18 Å². The zero-order valence-electron chi connectivity index (χ0n) is 12.2. The summed E-state index contributed by atoms with van der Waals surface area (Å²) in [7, 11) is 0. The van der Waals surface area contributed by atoms with Crippen LogP contribution in [0.25, 0.3) is 6.08 Å². The van der Waals surface area contributed by atoms with E-state index in [0.717, 1.165) is 11.6 Å². The Morgan fingerprint density at radius 1 is 1.22 bits per heavy atom. The summed E-state index contributed by atoms with van der Waals surface area (Å²) in [5, 5.41) is 11.9. The van der Waals surface area contributed by atoms with Crippen LogP contribution in [0.5, 0.6) is 0 Å². The maximum atomic E-state index is 13.7. The molecule has 0 aliphatic rings. The number of nitrogens with zero attached hydrogens (tertiary/aromatic N) is 1. The molecule has 2 rings (SSSR count). The molecule has 0 atom stereocenters. The summed E-state index contributed by atoms with van der Waals surface area (Å²) in [6, 6.07) is 15.6. The lowest BCUT2D eigenvalue weighted by Crippen LogP contribution is -2.26. The Kier molecular flexibility index (Phi) is 5.90. The number of hydrogen-bond donors (Lipinski definition) is 1. The minimum atomic E-state index is -0.581. The van der Waals surface area contributed by atoms with Gasteiger partial charge in [0.05, 0.1) is 5.02 Å². The van der Waals surface area contributed by atoms with Crippen molar-refractivity contribution >= 4 is 23.6 Å². The summed E-state index contributed by atoms with van der Waals surface area (Å²) in [6.45, 7) is 0.382. The lowest BCUT2D eigenvalue weighted by molar-refractivity contribution is -0.117. The van der Waals surface area contributed by atoms with Gasteiger partial charge in [0.1, 0.15) is 17.5 Å². The Labute approximate surface area is 139 Å². The average Bonchev–Trinajstić information content (AvgIpc) is 2.55. The minimum Gasteiger partial charge on any atom is -0.351 e. The summed E-state index contributed by atoms with van der Waals surface area (Å²) < 4.78 is 13.7. The van der Waals surface area contributed by atoms with Gasteiger partial charge in [0, 0.05) is 12.1 Å². The van der Waals surface area contributed by atoms with E-state index in [4.69, 9.17) is 16.9 Å². The molecule has 0 aliphatic carbocycles. The van der Waals surface area contributed by atoms with Gasteiger partial charge in [-0.2, -0.15) is 5.26 Å². The molecule has 2 aromatic carbocycles. The van der Waals surface area contributed by atoms with Crippen LogP contribution in [0, 0.1) is 17.1 Å². The van der Waals surface area contributed by atoms with Crippen molar-refractivity contribution in [3.8, 4) is 6.07 Å². The molecule has 0 spiro atoms. The van der Waals surface area contributed by atoms with Crippen LogP contribution < -0.4 is 5.32 Å². The quantitative estimate of drug-likeness (QED) is 0.671. The van der Waals surface area contributed by atoms with Gasteiger partial charge in [0.2, 0.25) is 0 Å². The number of benzene rings is 2. The first kappa shape index (κ1) is 16.7. The van der Waals surface area contributed by atoms with Gasteiger partial charge in [-0.15, -0.1) is 0 Å². The van der Waals surface area contributed by atoms with E-state index in [1.165, 1.54) is 18.2 Å². The third-order valence-electron chi connectivity index (χ3n) is 3.20. The number of amides is 1. The fraction of sp³-hybridized carbons (Fsp3) is 0.111. The van der Waals surface area contributed by atoms with E-state index in [0.29, 0.717) is 13.0 Å². The molecule has 0 aromatic heterocycles. The van der Waals surface area contributed by atoms with Crippen LogP contribution in [0.4, 0.5) is 4.39 Å². The molecule has 0 bridgehead atoms. The summed E-state index contributed by atoms with van der Waals surface area (Å²) in [5.74, 6) is -1.13. The van der Waals surface area contributed by atoms with Gasteiger partial charge in [-0.1, -0.05) is 48.0 Å². The average molecular weight is 329 g/mol. The number of nitrogens with one attached hydrogen (secondary N) is 1. The van der Waals surface area contributed by atoms with Crippen molar-refractivity contribution in [2.45, 2.75) is 6.42 Å². The van der Waals surface area contributed by atoms with Crippen LogP contribution in [0.15, 0.2) is 54.1 Å². The molecule has 2 aromatic rings. The third-order valence-corrected chi connectivity index (χ3v) is 3.53. The van der Waals surface area contributed by atoms with Gasteiger partial charge < -0.3 is 5.32 Å². The molecule has 0 saturated heterocycles. The van der Waals surface area contributed by atoms with Crippen LogP contribution in [0.2, 0.25) is 5.02 Å². The van der Waals surface area contributed by atoms with Crippen LogP contribution >= 0.6 is 11.6 Å². The highest BCUT2D eigenvalue weighted by atomic mass is 35.5. The maximum absolute atomic E-state index is 13.7. The second-order valence-corrected chi connectivity index (χ2v) is 5.20. The van der Waals surface area contributed by atoms with Gasteiger partial charge in [-0.3, -0.25) is 4.79 Å². The smallest absolute Gasteiger partial charge is 0.261 e. The molecule has 1 amide bonds. The predicted octanol–water partition coefficient (Wildman–Crippen LogP) is 3.74. The first-order valence-electron chi connectivity index (χ1n) is 6.99. The second-order valence-electron chi connectivity index (χ2n) is 4.80. The summed E-state index contributed by atoms with van der Waals surface area (Å²) in [4.78, 5) is 12.0. The molecule has 3 nitrogen and oxygen atoms in total. The first-order valence-corrected chi connectivity index (χ1v) is 7.37. The zero-order valence-corrected chi connectivity index (χ0v) is 13.0. The Bertz CT molecular complexity index is 746. The van der Waals surface area contributed by atoms with Gasteiger partial charge in [-0.05, 0) is 30.2 Å². The maximum Gasteiger partial charge on any atom is 0.261 e. The van der Waals surface area contributed by atoms with Gasteiger partial charge in [-0.25, -0.2) is 4.39 Å².